The van der Waals surface area contributed by atoms with Gasteiger partial charge in [-0.05, 0) is 35.6 Å². The van der Waals surface area contributed by atoms with E-state index < -0.39 is 17.4 Å². The summed E-state index contributed by atoms with van der Waals surface area (Å²) in [6.07, 6.45) is 1.30. The minimum atomic E-state index is -2.98. The van der Waals surface area contributed by atoms with Gasteiger partial charge in [-0.25, -0.2) is 5.43 Å². The van der Waals surface area contributed by atoms with Crippen LogP contribution in [-0.2, 0) is 11.3 Å². The van der Waals surface area contributed by atoms with Crippen molar-refractivity contribution < 1.29 is 28.0 Å². The van der Waals surface area contributed by atoms with Crippen LogP contribution in [0, 0.1) is 17.0 Å². The van der Waals surface area contributed by atoms with Crippen LogP contribution in [0.1, 0.15) is 17.7 Å². The number of hydrazone groups is 1. The SMILES string of the molecule is COc1cc(/C=N\NC(=O)CCn2nc([N+](=O)[O-])cc2C)ccc1OC(F)F. The zero-order chi connectivity index (χ0) is 20.7. The first kappa shape index (κ1) is 20.7. The van der Waals surface area contributed by atoms with E-state index in [9.17, 15) is 23.7 Å². The second-order valence-electron chi connectivity index (χ2n) is 5.46. The van der Waals surface area contributed by atoms with E-state index in [1.165, 1.54) is 42.3 Å². The normalized spacial score (nSPS) is 11.0. The number of amides is 1. The second-order valence-corrected chi connectivity index (χ2v) is 5.46. The molecule has 0 spiro atoms. The molecule has 0 atom stereocenters. The number of hydrogen-bond acceptors (Lipinski definition) is 7. The number of ether oxygens (including phenoxy) is 2. The van der Waals surface area contributed by atoms with E-state index in [-0.39, 0.29) is 30.3 Å². The minimum absolute atomic E-state index is 0.00149. The maximum atomic E-state index is 12.3. The Morgan fingerprint density at radius 3 is 2.79 bits per heavy atom. The molecule has 1 heterocycles. The fourth-order valence-corrected chi connectivity index (χ4v) is 2.21. The molecule has 0 bridgehead atoms. The van der Waals surface area contributed by atoms with Gasteiger partial charge in [0, 0.05) is 6.42 Å². The number of carbonyl (C=O) groups excluding carboxylic acids is 1. The first-order chi connectivity index (χ1) is 13.3. The Balaban J connectivity index is 1.90. The molecule has 0 radical (unpaired) electrons. The lowest BCUT2D eigenvalue weighted by atomic mass is 10.2. The number of nitrogens with one attached hydrogen (secondary N) is 1. The van der Waals surface area contributed by atoms with Crippen LogP contribution in [0.3, 0.4) is 0 Å². The first-order valence-electron chi connectivity index (χ1n) is 7.93. The number of benzene rings is 1. The second kappa shape index (κ2) is 9.39. The van der Waals surface area contributed by atoms with Gasteiger partial charge in [-0.3, -0.25) is 4.79 Å². The molecule has 2 rings (SSSR count). The van der Waals surface area contributed by atoms with Crippen LogP contribution in [0.25, 0.3) is 0 Å². The summed E-state index contributed by atoms with van der Waals surface area (Å²) >= 11 is 0. The summed E-state index contributed by atoms with van der Waals surface area (Å²) in [6, 6.07) is 5.48. The van der Waals surface area contributed by atoms with Gasteiger partial charge in [0.25, 0.3) is 0 Å². The summed E-state index contributed by atoms with van der Waals surface area (Å²) in [5, 5.41) is 18.2. The van der Waals surface area contributed by atoms with E-state index in [2.05, 4.69) is 20.4 Å². The van der Waals surface area contributed by atoms with Crippen molar-refractivity contribution in [3.8, 4) is 11.5 Å². The zero-order valence-corrected chi connectivity index (χ0v) is 15.0. The molecule has 150 valence electrons. The number of alkyl halides is 2. The van der Waals surface area contributed by atoms with Crippen molar-refractivity contribution in [3.63, 3.8) is 0 Å². The van der Waals surface area contributed by atoms with Crippen molar-refractivity contribution in [3.05, 3.63) is 45.6 Å². The average Bonchev–Trinajstić information content (AvgIpc) is 3.02. The molecular weight excluding hydrogens is 380 g/mol. The molecule has 12 heteroatoms. The monoisotopic (exact) mass is 397 g/mol. The molecule has 0 saturated heterocycles. The van der Waals surface area contributed by atoms with Crippen LogP contribution in [-0.4, -0.2) is 40.5 Å². The van der Waals surface area contributed by atoms with Crippen LogP contribution < -0.4 is 14.9 Å². The van der Waals surface area contributed by atoms with Crippen molar-refractivity contribution >= 4 is 17.9 Å². The van der Waals surface area contributed by atoms with Crippen molar-refractivity contribution in [2.45, 2.75) is 26.5 Å². The van der Waals surface area contributed by atoms with Gasteiger partial charge in [0.05, 0.1) is 36.7 Å². The molecule has 28 heavy (non-hydrogen) atoms. The van der Waals surface area contributed by atoms with Gasteiger partial charge >= 0.3 is 12.4 Å². The molecule has 1 aromatic heterocycles. The van der Waals surface area contributed by atoms with E-state index in [4.69, 9.17) is 4.74 Å². The Bertz CT molecular complexity index is 884. The summed E-state index contributed by atoms with van der Waals surface area (Å²) in [5.74, 6) is -0.753. The topological polar surface area (TPSA) is 121 Å². The molecule has 0 fully saturated rings. The van der Waals surface area contributed by atoms with Gasteiger partial charge in [-0.1, -0.05) is 0 Å². The van der Waals surface area contributed by atoms with Crippen LogP contribution in [0.15, 0.2) is 29.4 Å². The summed E-state index contributed by atoms with van der Waals surface area (Å²) < 4.78 is 35.2. The Labute approximate surface area is 157 Å². The quantitative estimate of drug-likeness (QED) is 0.394. The molecule has 2 aromatic rings. The predicted molar refractivity (Wildman–Crippen MR) is 93.6 cm³/mol. The van der Waals surface area contributed by atoms with Crippen molar-refractivity contribution in [1.29, 1.82) is 0 Å². The third-order valence-corrected chi connectivity index (χ3v) is 3.51. The molecule has 0 aliphatic rings. The Morgan fingerprint density at radius 2 is 2.18 bits per heavy atom. The van der Waals surface area contributed by atoms with Gasteiger partial charge in [0.1, 0.15) is 0 Å². The molecule has 0 aliphatic carbocycles. The maximum absolute atomic E-state index is 12.3. The Morgan fingerprint density at radius 1 is 1.43 bits per heavy atom. The highest BCUT2D eigenvalue weighted by molar-refractivity contribution is 5.83. The molecule has 1 aromatic carbocycles. The lowest BCUT2D eigenvalue weighted by Crippen LogP contribution is -2.20. The maximum Gasteiger partial charge on any atom is 0.390 e. The van der Waals surface area contributed by atoms with Crippen LogP contribution in [0.5, 0.6) is 11.5 Å². The van der Waals surface area contributed by atoms with E-state index in [1.54, 1.807) is 6.92 Å². The Kier molecular flexibility index (Phi) is 6.96. The molecule has 0 aliphatic heterocycles. The van der Waals surface area contributed by atoms with E-state index in [1.807, 2.05) is 0 Å². The minimum Gasteiger partial charge on any atom is -0.493 e. The number of hydrogen-bond donors (Lipinski definition) is 1. The van der Waals surface area contributed by atoms with Gasteiger partial charge in [0.2, 0.25) is 5.91 Å². The summed E-state index contributed by atoms with van der Waals surface area (Å²) in [6.45, 7) is -1.19. The summed E-state index contributed by atoms with van der Waals surface area (Å²) in [5.41, 5.74) is 3.34. The van der Waals surface area contributed by atoms with Crippen LogP contribution in [0.4, 0.5) is 14.6 Å². The molecular formula is C16H17F2N5O5. The number of rotatable bonds is 9. The molecule has 1 amide bonds. The van der Waals surface area contributed by atoms with Crippen molar-refractivity contribution in [1.82, 2.24) is 15.2 Å². The molecule has 0 saturated carbocycles. The number of aromatic nitrogens is 2. The first-order valence-corrected chi connectivity index (χ1v) is 7.93. The highest BCUT2D eigenvalue weighted by Crippen LogP contribution is 2.28. The largest absolute Gasteiger partial charge is 0.493 e. The lowest BCUT2D eigenvalue weighted by molar-refractivity contribution is -0.389. The van der Waals surface area contributed by atoms with Crippen LogP contribution in [0.2, 0.25) is 0 Å². The smallest absolute Gasteiger partial charge is 0.390 e. The highest BCUT2D eigenvalue weighted by atomic mass is 19.3. The van der Waals surface area contributed by atoms with Gasteiger partial charge in [0.15, 0.2) is 11.5 Å². The van der Waals surface area contributed by atoms with Crippen LogP contribution >= 0.6 is 0 Å². The third kappa shape index (κ3) is 5.72. The Hall–Kier alpha value is -3.57. The number of halogens is 2. The highest BCUT2D eigenvalue weighted by Gasteiger charge is 2.16. The van der Waals surface area contributed by atoms with Crippen molar-refractivity contribution in [2.75, 3.05) is 7.11 Å². The number of aryl methyl sites for hydroxylation is 2. The zero-order valence-electron chi connectivity index (χ0n) is 15.0. The molecule has 0 unspecified atom stereocenters. The molecule has 1 N–H and O–H groups in total. The predicted octanol–water partition coefficient (Wildman–Crippen LogP) is 2.25. The standard InChI is InChI=1S/C16H17F2N5O5/c1-10-7-14(23(25)26)21-22(10)6-5-15(24)20-19-9-11-3-4-12(28-16(17)18)13(8-11)27-2/h3-4,7-9,16H,5-6H2,1-2H3,(H,20,24)/b19-9-. The summed E-state index contributed by atoms with van der Waals surface area (Å²) in [4.78, 5) is 21.9. The van der Waals surface area contributed by atoms with E-state index in [0.29, 0.717) is 11.3 Å². The number of nitro groups is 1. The average molecular weight is 397 g/mol. The number of nitrogens with zero attached hydrogens (tertiary/aromatic N) is 4. The van der Waals surface area contributed by atoms with Gasteiger partial charge in [-0.2, -0.15) is 18.6 Å². The number of carbonyl (C=O) groups is 1. The van der Waals surface area contributed by atoms with Gasteiger partial charge < -0.3 is 19.6 Å². The van der Waals surface area contributed by atoms with E-state index >= 15 is 0 Å². The fraction of sp³-hybridized carbons (Fsp3) is 0.312. The molecule has 10 nitrogen and oxygen atoms in total. The lowest BCUT2D eigenvalue weighted by Gasteiger charge is -2.09. The third-order valence-electron chi connectivity index (χ3n) is 3.51. The fourth-order valence-electron chi connectivity index (χ4n) is 2.21. The van der Waals surface area contributed by atoms with Gasteiger partial charge in [-0.15, -0.1) is 0 Å². The summed E-state index contributed by atoms with van der Waals surface area (Å²) in [7, 11) is 1.30. The number of methoxy groups -OCH3 is 1. The van der Waals surface area contributed by atoms with E-state index in [0.717, 1.165) is 0 Å². The van der Waals surface area contributed by atoms with Crippen molar-refractivity contribution in [2.24, 2.45) is 5.10 Å².